The van der Waals surface area contributed by atoms with Crippen LogP contribution in [-0.2, 0) is 0 Å². The van der Waals surface area contributed by atoms with Crippen LogP contribution < -0.4 is 0 Å². The van der Waals surface area contributed by atoms with Gasteiger partial charge in [-0.1, -0.05) is 18.2 Å². The van der Waals surface area contributed by atoms with Gasteiger partial charge in [-0.2, -0.15) is 0 Å². The topological polar surface area (TPSA) is 17.1 Å². The number of hydrogen-bond donors (Lipinski definition) is 0. The van der Waals surface area contributed by atoms with Gasteiger partial charge in [-0.25, -0.2) is 0 Å². The fraction of sp³-hybridized carbons (Fsp3) is 0.100. The summed E-state index contributed by atoms with van der Waals surface area (Å²) in [5, 5.41) is 0.602. The minimum atomic E-state index is -0.0662. The summed E-state index contributed by atoms with van der Waals surface area (Å²) >= 11 is 9.01. The molecule has 0 aliphatic carbocycles. The molecule has 0 aliphatic rings. The first-order valence-corrected chi connectivity index (χ1v) is 4.84. The lowest BCUT2D eigenvalue weighted by molar-refractivity contribution is 0.103. The molecule has 0 saturated carbocycles. The third-order valence-corrected chi connectivity index (χ3v) is 2.45. The van der Waals surface area contributed by atoms with Gasteiger partial charge in [0, 0.05) is 15.1 Å². The molecule has 1 aromatic rings. The number of carbonyl (C=O) groups is 1. The quantitative estimate of drug-likeness (QED) is 0.582. The van der Waals surface area contributed by atoms with Crippen molar-refractivity contribution in [3.05, 3.63) is 45.4 Å². The van der Waals surface area contributed by atoms with E-state index in [1.54, 1.807) is 25.1 Å². The first-order chi connectivity index (χ1) is 6.02. The second-order valence-corrected chi connectivity index (χ2v) is 4.02. The van der Waals surface area contributed by atoms with Gasteiger partial charge in [0.25, 0.3) is 0 Å². The Kier molecular flexibility index (Phi) is 3.28. The van der Waals surface area contributed by atoms with E-state index >= 15 is 0 Å². The molecule has 3 heteroatoms. The van der Waals surface area contributed by atoms with Crippen molar-refractivity contribution >= 4 is 33.3 Å². The van der Waals surface area contributed by atoms with Crippen LogP contribution in [0.5, 0.6) is 0 Å². The third kappa shape index (κ3) is 2.42. The summed E-state index contributed by atoms with van der Waals surface area (Å²) < 4.78 is 0.702. The second kappa shape index (κ2) is 4.07. The monoisotopic (exact) mass is 258 g/mol. The maximum absolute atomic E-state index is 11.5. The van der Waals surface area contributed by atoms with Gasteiger partial charge in [-0.3, -0.25) is 4.79 Å². The number of carbonyl (C=O) groups excluding carboxylic acids is 1. The van der Waals surface area contributed by atoms with E-state index in [0.29, 0.717) is 20.6 Å². The molecule has 1 aromatic carbocycles. The standard InChI is InChI=1S/C10H8BrClO/c1-6(2)10(13)8-4-3-7(12)5-9(8)11/h3-5H,1H2,2H3. The number of rotatable bonds is 2. The van der Waals surface area contributed by atoms with Gasteiger partial charge >= 0.3 is 0 Å². The Labute approximate surface area is 90.5 Å². The van der Waals surface area contributed by atoms with Crippen LogP contribution in [0.2, 0.25) is 5.02 Å². The summed E-state index contributed by atoms with van der Waals surface area (Å²) in [4.78, 5) is 11.5. The lowest BCUT2D eigenvalue weighted by Gasteiger charge is -2.02. The van der Waals surface area contributed by atoms with Crippen molar-refractivity contribution in [3.63, 3.8) is 0 Å². The first-order valence-electron chi connectivity index (χ1n) is 3.67. The molecule has 0 saturated heterocycles. The van der Waals surface area contributed by atoms with Crippen molar-refractivity contribution in [2.45, 2.75) is 6.92 Å². The summed E-state index contributed by atoms with van der Waals surface area (Å²) in [6, 6.07) is 5.06. The highest BCUT2D eigenvalue weighted by Crippen LogP contribution is 2.23. The van der Waals surface area contributed by atoms with Gasteiger partial charge in [-0.05, 0) is 46.6 Å². The molecule has 0 unspecified atom stereocenters. The van der Waals surface area contributed by atoms with Crippen molar-refractivity contribution in [2.24, 2.45) is 0 Å². The van der Waals surface area contributed by atoms with E-state index in [1.807, 2.05) is 0 Å². The Balaban J connectivity index is 3.16. The molecule has 1 rings (SSSR count). The molecule has 0 amide bonds. The second-order valence-electron chi connectivity index (χ2n) is 2.73. The molecular weight excluding hydrogens is 251 g/mol. The van der Waals surface area contributed by atoms with Crippen LogP contribution in [0.15, 0.2) is 34.8 Å². The molecule has 13 heavy (non-hydrogen) atoms. The smallest absolute Gasteiger partial charge is 0.189 e. The molecular formula is C10H8BrClO. The molecule has 1 nitrogen and oxygen atoms in total. The van der Waals surface area contributed by atoms with E-state index < -0.39 is 0 Å². The van der Waals surface area contributed by atoms with E-state index in [0.717, 1.165) is 0 Å². The maximum Gasteiger partial charge on any atom is 0.189 e. The van der Waals surface area contributed by atoms with Crippen LogP contribution in [0.3, 0.4) is 0 Å². The van der Waals surface area contributed by atoms with E-state index in [9.17, 15) is 4.79 Å². The van der Waals surface area contributed by atoms with Crippen molar-refractivity contribution < 1.29 is 4.79 Å². The first kappa shape index (κ1) is 10.5. The number of ketones is 1. The van der Waals surface area contributed by atoms with Crippen molar-refractivity contribution in [2.75, 3.05) is 0 Å². The van der Waals surface area contributed by atoms with Crippen molar-refractivity contribution in [1.82, 2.24) is 0 Å². The van der Waals surface area contributed by atoms with Crippen molar-refractivity contribution in [3.8, 4) is 0 Å². The predicted octanol–water partition coefficient (Wildman–Crippen LogP) is 3.86. The largest absolute Gasteiger partial charge is 0.289 e. The zero-order chi connectivity index (χ0) is 10.0. The average molecular weight is 260 g/mol. The number of allylic oxidation sites excluding steroid dienone is 1. The number of Topliss-reactive ketones (excluding diaryl/α,β-unsaturated/α-hetero) is 1. The summed E-state index contributed by atoms with van der Waals surface area (Å²) in [6.07, 6.45) is 0. The van der Waals surface area contributed by atoms with Gasteiger partial charge in [-0.15, -0.1) is 0 Å². The highest BCUT2D eigenvalue weighted by Gasteiger charge is 2.10. The predicted molar refractivity (Wildman–Crippen MR) is 58.3 cm³/mol. The zero-order valence-corrected chi connectivity index (χ0v) is 9.45. The highest BCUT2D eigenvalue weighted by atomic mass is 79.9. The molecule has 0 fully saturated rings. The number of benzene rings is 1. The highest BCUT2D eigenvalue weighted by molar-refractivity contribution is 9.10. The van der Waals surface area contributed by atoms with Gasteiger partial charge in [0.2, 0.25) is 0 Å². The fourth-order valence-electron chi connectivity index (χ4n) is 0.904. The van der Waals surface area contributed by atoms with E-state index in [2.05, 4.69) is 22.5 Å². The Hall–Kier alpha value is -0.600. The van der Waals surface area contributed by atoms with Gasteiger partial charge < -0.3 is 0 Å². The summed E-state index contributed by atoms with van der Waals surface area (Å²) in [7, 11) is 0. The lowest BCUT2D eigenvalue weighted by Crippen LogP contribution is -2.00. The molecule has 0 heterocycles. The average Bonchev–Trinajstić information content (AvgIpc) is 2.03. The van der Waals surface area contributed by atoms with Gasteiger partial charge in [0.15, 0.2) is 5.78 Å². The molecule has 0 spiro atoms. The summed E-state index contributed by atoms with van der Waals surface area (Å²) in [5.74, 6) is -0.0662. The molecule has 0 bridgehead atoms. The van der Waals surface area contributed by atoms with E-state index in [4.69, 9.17) is 11.6 Å². The molecule has 68 valence electrons. The SMILES string of the molecule is C=C(C)C(=O)c1ccc(Cl)cc1Br. The Morgan fingerprint density at radius 2 is 2.15 bits per heavy atom. The normalized spacial score (nSPS) is 9.77. The molecule has 0 radical (unpaired) electrons. The summed E-state index contributed by atoms with van der Waals surface area (Å²) in [6.45, 7) is 5.28. The Morgan fingerprint density at radius 3 is 2.62 bits per heavy atom. The third-order valence-electron chi connectivity index (χ3n) is 1.56. The van der Waals surface area contributed by atoms with Gasteiger partial charge in [0.05, 0.1) is 0 Å². The van der Waals surface area contributed by atoms with Crippen LogP contribution in [0.4, 0.5) is 0 Å². The number of hydrogen-bond acceptors (Lipinski definition) is 1. The zero-order valence-electron chi connectivity index (χ0n) is 7.10. The van der Waals surface area contributed by atoms with E-state index in [-0.39, 0.29) is 5.78 Å². The van der Waals surface area contributed by atoms with Gasteiger partial charge in [0.1, 0.15) is 0 Å². The van der Waals surface area contributed by atoms with Crippen LogP contribution in [-0.4, -0.2) is 5.78 Å². The van der Waals surface area contributed by atoms with Crippen LogP contribution in [0.1, 0.15) is 17.3 Å². The van der Waals surface area contributed by atoms with E-state index in [1.165, 1.54) is 0 Å². The lowest BCUT2D eigenvalue weighted by atomic mass is 10.1. The molecule has 0 aliphatic heterocycles. The maximum atomic E-state index is 11.5. The Bertz CT molecular complexity index is 371. The van der Waals surface area contributed by atoms with Crippen LogP contribution in [0, 0.1) is 0 Å². The molecule has 0 atom stereocenters. The fourth-order valence-corrected chi connectivity index (χ4v) is 1.77. The minimum Gasteiger partial charge on any atom is -0.289 e. The minimum absolute atomic E-state index is 0.0662. The molecule has 0 N–H and O–H groups in total. The molecule has 0 aromatic heterocycles. The summed E-state index contributed by atoms with van der Waals surface area (Å²) in [5.41, 5.74) is 1.11. The van der Waals surface area contributed by atoms with Crippen LogP contribution >= 0.6 is 27.5 Å². The number of halogens is 2. The van der Waals surface area contributed by atoms with Crippen LogP contribution in [0.25, 0.3) is 0 Å². The van der Waals surface area contributed by atoms with Crippen molar-refractivity contribution in [1.29, 1.82) is 0 Å². The Morgan fingerprint density at radius 1 is 1.54 bits per heavy atom.